The number of nitrogens with zero attached hydrogens (tertiary/aromatic N) is 1. The van der Waals surface area contributed by atoms with Crippen LogP contribution in [-0.2, 0) is 4.74 Å². The number of carbonyl (C=O) groups is 1. The van der Waals surface area contributed by atoms with Gasteiger partial charge in [-0.2, -0.15) is 0 Å². The average molecular weight is 282 g/mol. The van der Waals surface area contributed by atoms with Crippen LogP contribution in [0, 0.1) is 5.41 Å². The van der Waals surface area contributed by atoms with Crippen LogP contribution in [0.25, 0.3) is 0 Å². The summed E-state index contributed by atoms with van der Waals surface area (Å²) in [6, 6.07) is 1.25. The van der Waals surface area contributed by atoms with Gasteiger partial charge in [0.1, 0.15) is 5.60 Å². The van der Waals surface area contributed by atoms with Crippen LogP contribution in [0.1, 0.15) is 60.3 Å². The van der Waals surface area contributed by atoms with Gasteiger partial charge in [-0.1, -0.05) is 13.8 Å². The first-order valence-electron chi connectivity index (χ1n) is 7.89. The molecule has 1 saturated carbocycles. The van der Waals surface area contributed by atoms with Gasteiger partial charge < -0.3 is 15.0 Å². The lowest BCUT2D eigenvalue weighted by molar-refractivity contribution is 0.0182. The molecule has 1 aliphatic heterocycles. The van der Waals surface area contributed by atoms with Crippen LogP contribution in [-0.4, -0.2) is 41.8 Å². The molecular formula is C16H30N2O2. The first-order valence-corrected chi connectivity index (χ1v) is 7.89. The van der Waals surface area contributed by atoms with Crippen LogP contribution in [0.5, 0.6) is 0 Å². The molecule has 1 aliphatic carbocycles. The molecule has 0 aromatic heterocycles. The number of hydrogen-bond acceptors (Lipinski definition) is 3. The maximum absolute atomic E-state index is 12.0. The van der Waals surface area contributed by atoms with E-state index in [1.807, 2.05) is 25.7 Å². The monoisotopic (exact) mass is 282 g/mol. The normalized spacial score (nSPS) is 24.4. The lowest BCUT2D eigenvalue weighted by Crippen LogP contribution is -2.53. The second-order valence-electron chi connectivity index (χ2n) is 8.18. The lowest BCUT2D eigenvalue weighted by Gasteiger charge is -2.45. The van der Waals surface area contributed by atoms with Gasteiger partial charge in [0.05, 0.1) is 0 Å². The fraction of sp³-hybridized carbons (Fsp3) is 0.938. The highest BCUT2D eigenvalue weighted by molar-refractivity contribution is 5.68. The number of amides is 1. The molecule has 4 nitrogen and oxygen atoms in total. The van der Waals surface area contributed by atoms with Crippen molar-refractivity contribution in [2.75, 3.05) is 13.1 Å². The summed E-state index contributed by atoms with van der Waals surface area (Å²) >= 11 is 0. The Morgan fingerprint density at radius 1 is 1.15 bits per heavy atom. The fourth-order valence-corrected chi connectivity index (χ4v) is 3.28. The predicted octanol–water partition coefficient (Wildman–Crippen LogP) is 3.16. The summed E-state index contributed by atoms with van der Waals surface area (Å²) in [5.74, 6) is 0. The summed E-state index contributed by atoms with van der Waals surface area (Å²) in [7, 11) is 0. The summed E-state index contributed by atoms with van der Waals surface area (Å²) in [6.45, 7) is 12.0. The van der Waals surface area contributed by atoms with Crippen molar-refractivity contribution in [2.24, 2.45) is 5.41 Å². The minimum Gasteiger partial charge on any atom is -0.444 e. The Labute approximate surface area is 123 Å². The fourth-order valence-electron chi connectivity index (χ4n) is 3.28. The van der Waals surface area contributed by atoms with Crippen molar-refractivity contribution < 1.29 is 9.53 Å². The summed E-state index contributed by atoms with van der Waals surface area (Å²) < 4.78 is 5.42. The van der Waals surface area contributed by atoms with Crippen LogP contribution in [0.3, 0.4) is 0 Å². The van der Waals surface area contributed by atoms with Crippen molar-refractivity contribution in [3.8, 4) is 0 Å². The highest BCUT2D eigenvalue weighted by Gasteiger charge is 2.37. The molecule has 1 saturated heterocycles. The van der Waals surface area contributed by atoms with Crippen molar-refractivity contribution >= 4 is 6.09 Å². The molecule has 116 valence electrons. The van der Waals surface area contributed by atoms with Crippen LogP contribution in [0.2, 0.25) is 0 Å². The Morgan fingerprint density at radius 2 is 1.70 bits per heavy atom. The van der Waals surface area contributed by atoms with Crippen molar-refractivity contribution in [1.29, 1.82) is 0 Å². The molecule has 0 aromatic rings. The zero-order valence-corrected chi connectivity index (χ0v) is 13.7. The number of nitrogens with one attached hydrogen (secondary N) is 1. The first kappa shape index (κ1) is 15.6. The molecule has 0 spiro atoms. The third-order valence-corrected chi connectivity index (χ3v) is 4.22. The lowest BCUT2D eigenvalue weighted by atomic mass is 9.68. The molecule has 2 aliphatic rings. The molecular weight excluding hydrogens is 252 g/mol. The van der Waals surface area contributed by atoms with Crippen molar-refractivity contribution in [2.45, 2.75) is 78.0 Å². The summed E-state index contributed by atoms with van der Waals surface area (Å²) in [5.41, 5.74) is 0.124. The number of ether oxygens (including phenoxy) is 1. The van der Waals surface area contributed by atoms with E-state index in [0.717, 1.165) is 25.9 Å². The van der Waals surface area contributed by atoms with E-state index in [-0.39, 0.29) is 6.09 Å². The molecule has 1 amide bonds. The molecule has 0 atom stereocenters. The molecule has 2 rings (SSSR count). The molecule has 1 heterocycles. The Morgan fingerprint density at radius 3 is 2.15 bits per heavy atom. The Kier molecular flexibility index (Phi) is 4.33. The second kappa shape index (κ2) is 5.55. The second-order valence-corrected chi connectivity index (χ2v) is 8.18. The molecule has 4 heteroatoms. The van der Waals surface area contributed by atoms with Crippen molar-refractivity contribution in [3.63, 3.8) is 0 Å². The average Bonchev–Trinajstić information content (AvgIpc) is 2.25. The van der Waals surface area contributed by atoms with E-state index in [2.05, 4.69) is 19.2 Å². The van der Waals surface area contributed by atoms with E-state index >= 15 is 0 Å². The molecule has 0 aromatic carbocycles. The highest BCUT2D eigenvalue weighted by atomic mass is 16.6. The van der Waals surface area contributed by atoms with Gasteiger partial charge >= 0.3 is 6.09 Å². The number of carbonyl (C=O) groups excluding carboxylic acids is 1. The molecule has 2 fully saturated rings. The van der Waals surface area contributed by atoms with Crippen molar-refractivity contribution in [1.82, 2.24) is 10.2 Å². The molecule has 0 radical (unpaired) electrons. The van der Waals surface area contributed by atoms with E-state index in [9.17, 15) is 4.79 Å². The Hall–Kier alpha value is -0.770. The molecule has 20 heavy (non-hydrogen) atoms. The van der Waals surface area contributed by atoms with Gasteiger partial charge in [-0.05, 0) is 51.9 Å². The third kappa shape index (κ3) is 4.37. The topological polar surface area (TPSA) is 41.6 Å². The van der Waals surface area contributed by atoms with Crippen LogP contribution < -0.4 is 5.32 Å². The molecule has 1 N–H and O–H groups in total. The number of rotatable bonds is 2. The van der Waals surface area contributed by atoms with Crippen LogP contribution >= 0.6 is 0 Å². The van der Waals surface area contributed by atoms with E-state index in [0.29, 0.717) is 17.5 Å². The van der Waals surface area contributed by atoms with Gasteiger partial charge in [0, 0.05) is 25.2 Å². The standard InChI is InChI=1S/C16H30N2O2/c1-15(2,3)20-14(19)18-8-6-12(7-9-18)17-13-10-16(4,5)11-13/h12-13,17H,6-11H2,1-5H3. The molecule has 0 unspecified atom stereocenters. The number of piperidine rings is 1. The Balaban J connectivity index is 1.69. The summed E-state index contributed by atoms with van der Waals surface area (Å²) in [5, 5.41) is 3.74. The first-order chi connectivity index (χ1) is 9.15. The predicted molar refractivity (Wildman–Crippen MR) is 80.8 cm³/mol. The van der Waals surface area contributed by atoms with Crippen LogP contribution in [0.4, 0.5) is 4.79 Å². The SMILES string of the molecule is CC1(C)CC(NC2CCN(C(=O)OC(C)(C)C)CC2)C1. The van der Waals surface area contributed by atoms with E-state index < -0.39 is 5.60 Å². The zero-order valence-electron chi connectivity index (χ0n) is 13.7. The summed E-state index contributed by atoms with van der Waals surface area (Å²) in [6.07, 6.45) is 4.46. The van der Waals surface area contributed by atoms with Gasteiger partial charge in [-0.25, -0.2) is 4.79 Å². The number of likely N-dealkylation sites (tertiary alicyclic amines) is 1. The van der Waals surface area contributed by atoms with Gasteiger partial charge in [0.2, 0.25) is 0 Å². The van der Waals surface area contributed by atoms with Gasteiger partial charge in [-0.15, -0.1) is 0 Å². The van der Waals surface area contributed by atoms with E-state index in [1.54, 1.807) is 0 Å². The minimum absolute atomic E-state index is 0.166. The maximum atomic E-state index is 12.0. The van der Waals surface area contributed by atoms with E-state index in [1.165, 1.54) is 12.8 Å². The zero-order chi connectivity index (χ0) is 15.0. The highest BCUT2D eigenvalue weighted by Crippen LogP contribution is 2.40. The van der Waals surface area contributed by atoms with Crippen molar-refractivity contribution in [3.05, 3.63) is 0 Å². The smallest absolute Gasteiger partial charge is 0.410 e. The summed E-state index contributed by atoms with van der Waals surface area (Å²) in [4.78, 5) is 13.8. The quantitative estimate of drug-likeness (QED) is 0.846. The van der Waals surface area contributed by atoms with E-state index in [4.69, 9.17) is 4.74 Å². The number of hydrogen-bond donors (Lipinski definition) is 1. The van der Waals surface area contributed by atoms with Gasteiger partial charge in [0.25, 0.3) is 0 Å². The molecule has 0 bridgehead atoms. The van der Waals surface area contributed by atoms with Gasteiger partial charge in [-0.3, -0.25) is 0 Å². The largest absolute Gasteiger partial charge is 0.444 e. The maximum Gasteiger partial charge on any atom is 0.410 e. The Bertz CT molecular complexity index is 344. The third-order valence-electron chi connectivity index (χ3n) is 4.22. The minimum atomic E-state index is -0.399. The van der Waals surface area contributed by atoms with Gasteiger partial charge in [0.15, 0.2) is 0 Å². The van der Waals surface area contributed by atoms with Crippen LogP contribution in [0.15, 0.2) is 0 Å².